The highest BCUT2D eigenvalue weighted by Gasteiger charge is 2.74. The summed E-state index contributed by atoms with van der Waals surface area (Å²) < 4.78 is 12.1. The molecule has 1 heterocycles. The van der Waals surface area contributed by atoms with Crippen LogP contribution < -0.4 is 9.47 Å². The van der Waals surface area contributed by atoms with Crippen LogP contribution in [-0.2, 0) is 5.41 Å². The van der Waals surface area contributed by atoms with Crippen molar-refractivity contribution in [3.8, 4) is 11.5 Å². The third kappa shape index (κ3) is 0.999. The summed E-state index contributed by atoms with van der Waals surface area (Å²) in [5.41, 5.74) is 1.67. The molecular formula is C17H22O2. The monoisotopic (exact) mass is 258 g/mol. The fraction of sp³-hybridized carbons (Fsp3) is 0.647. The van der Waals surface area contributed by atoms with Gasteiger partial charge >= 0.3 is 0 Å². The van der Waals surface area contributed by atoms with Crippen molar-refractivity contribution in [2.45, 2.75) is 51.0 Å². The van der Waals surface area contributed by atoms with Gasteiger partial charge in [0.15, 0.2) is 0 Å². The largest absolute Gasteiger partial charge is 0.496 e. The van der Waals surface area contributed by atoms with Crippen LogP contribution >= 0.6 is 0 Å². The van der Waals surface area contributed by atoms with Crippen LogP contribution in [0.5, 0.6) is 11.5 Å². The van der Waals surface area contributed by atoms with Crippen molar-refractivity contribution in [3.63, 3.8) is 0 Å². The van der Waals surface area contributed by atoms with Gasteiger partial charge in [-0.25, -0.2) is 0 Å². The van der Waals surface area contributed by atoms with Gasteiger partial charge in [0.1, 0.15) is 17.1 Å². The zero-order valence-electron chi connectivity index (χ0n) is 12.2. The quantitative estimate of drug-likeness (QED) is 0.760. The topological polar surface area (TPSA) is 18.5 Å². The van der Waals surface area contributed by atoms with Gasteiger partial charge in [0, 0.05) is 11.0 Å². The third-order valence-electron chi connectivity index (χ3n) is 6.75. The molecule has 0 saturated heterocycles. The summed E-state index contributed by atoms with van der Waals surface area (Å²) in [5.74, 6) is 2.72. The van der Waals surface area contributed by atoms with Gasteiger partial charge < -0.3 is 9.47 Å². The van der Waals surface area contributed by atoms with Crippen molar-refractivity contribution in [2.24, 2.45) is 11.3 Å². The first-order chi connectivity index (χ1) is 8.96. The molecule has 3 aliphatic rings. The summed E-state index contributed by atoms with van der Waals surface area (Å²) in [6.07, 6.45) is 3.90. The highest BCUT2D eigenvalue weighted by atomic mass is 16.5. The smallest absolute Gasteiger partial charge is 0.127 e. The Kier molecular flexibility index (Phi) is 1.90. The molecule has 2 nitrogen and oxygen atoms in total. The van der Waals surface area contributed by atoms with Crippen LogP contribution in [0, 0.1) is 11.3 Å². The van der Waals surface area contributed by atoms with Gasteiger partial charge in [0.25, 0.3) is 0 Å². The molecule has 4 atom stereocenters. The molecular weight excluding hydrogens is 236 g/mol. The van der Waals surface area contributed by atoms with Crippen molar-refractivity contribution < 1.29 is 9.47 Å². The van der Waals surface area contributed by atoms with Crippen LogP contribution in [-0.4, -0.2) is 12.7 Å². The second-order valence-electron chi connectivity index (χ2n) is 7.17. The number of rotatable bonds is 1. The molecule has 0 aromatic heterocycles. The Morgan fingerprint density at radius 1 is 1.26 bits per heavy atom. The summed E-state index contributed by atoms with van der Waals surface area (Å²) in [4.78, 5) is 0. The van der Waals surface area contributed by atoms with Crippen LogP contribution in [0.15, 0.2) is 18.2 Å². The number of fused-ring (bicyclic) bond motifs is 7. The molecule has 1 aromatic rings. The Morgan fingerprint density at radius 3 is 2.79 bits per heavy atom. The van der Waals surface area contributed by atoms with Gasteiger partial charge in [-0.2, -0.15) is 0 Å². The lowest BCUT2D eigenvalue weighted by Crippen LogP contribution is -2.54. The van der Waals surface area contributed by atoms with E-state index in [0.29, 0.717) is 11.3 Å². The molecule has 0 amide bonds. The molecule has 0 N–H and O–H groups in total. The Morgan fingerprint density at radius 2 is 2.05 bits per heavy atom. The predicted octanol–water partition coefficient (Wildman–Crippen LogP) is 3.92. The van der Waals surface area contributed by atoms with E-state index in [1.807, 2.05) is 6.07 Å². The molecule has 0 radical (unpaired) electrons. The number of ether oxygens (including phenoxy) is 2. The average Bonchev–Trinajstić information content (AvgIpc) is 2.95. The van der Waals surface area contributed by atoms with Gasteiger partial charge in [-0.15, -0.1) is 0 Å². The van der Waals surface area contributed by atoms with E-state index in [4.69, 9.17) is 9.47 Å². The Labute approximate surface area is 115 Å². The second-order valence-corrected chi connectivity index (χ2v) is 7.17. The Bertz CT molecular complexity index is 566. The molecule has 0 unspecified atom stereocenters. The molecule has 2 bridgehead atoms. The van der Waals surface area contributed by atoms with E-state index in [1.165, 1.54) is 24.8 Å². The predicted molar refractivity (Wildman–Crippen MR) is 74.8 cm³/mol. The molecule has 2 fully saturated rings. The molecule has 1 aromatic carbocycles. The minimum absolute atomic E-state index is 0.0586. The maximum absolute atomic E-state index is 6.48. The Hall–Kier alpha value is -1.18. The van der Waals surface area contributed by atoms with Gasteiger partial charge in [0.05, 0.1) is 7.11 Å². The Balaban J connectivity index is 2.03. The highest BCUT2D eigenvalue weighted by molar-refractivity contribution is 5.58. The lowest BCUT2D eigenvalue weighted by Gasteiger charge is -2.48. The molecule has 2 aliphatic carbocycles. The SMILES string of the molecule is COc1cccc2c1[C@@]1(C)[C@@]3(C)CC[C@H](C3)[C@@]1(C)O2. The number of methoxy groups -OCH3 is 1. The first kappa shape index (κ1) is 11.6. The summed E-state index contributed by atoms with van der Waals surface area (Å²) in [6.45, 7) is 7.17. The van der Waals surface area contributed by atoms with Gasteiger partial charge in [-0.1, -0.05) is 19.9 Å². The zero-order valence-corrected chi connectivity index (χ0v) is 12.2. The van der Waals surface area contributed by atoms with Gasteiger partial charge in [0.2, 0.25) is 0 Å². The van der Waals surface area contributed by atoms with Gasteiger partial charge in [-0.05, 0) is 49.7 Å². The van der Waals surface area contributed by atoms with Crippen LogP contribution in [0.25, 0.3) is 0 Å². The van der Waals surface area contributed by atoms with E-state index >= 15 is 0 Å². The number of hydrogen-bond donors (Lipinski definition) is 0. The first-order valence-corrected chi connectivity index (χ1v) is 7.33. The van der Waals surface area contributed by atoms with Crippen LogP contribution in [0.1, 0.15) is 45.6 Å². The molecule has 19 heavy (non-hydrogen) atoms. The fourth-order valence-electron chi connectivity index (χ4n) is 5.40. The van der Waals surface area contributed by atoms with Crippen molar-refractivity contribution in [1.82, 2.24) is 0 Å². The zero-order chi connectivity index (χ0) is 13.5. The third-order valence-corrected chi connectivity index (χ3v) is 6.75. The van der Waals surface area contributed by atoms with E-state index in [0.717, 1.165) is 11.5 Å². The average molecular weight is 258 g/mol. The normalized spacial score (nSPS) is 45.8. The molecule has 102 valence electrons. The number of benzene rings is 1. The van der Waals surface area contributed by atoms with E-state index in [2.05, 4.69) is 32.9 Å². The molecule has 2 saturated carbocycles. The van der Waals surface area contributed by atoms with Crippen molar-refractivity contribution in [3.05, 3.63) is 23.8 Å². The van der Waals surface area contributed by atoms with E-state index in [1.54, 1.807) is 7.11 Å². The van der Waals surface area contributed by atoms with Crippen LogP contribution in [0.3, 0.4) is 0 Å². The molecule has 1 aliphatic heterocycles. The number of hydrogen-bond acceptors (Lipinski definition) is 2. The minimum Gasteiger partial charge on any atom is -0.496 e. The van der Waals surface area contributed by atoms with Crippen LogP contribution in [0.2, 0.25) is 0 Å². The lowest BCUT2D eigenvalue weighted by atomic mass is 9.56. The van der Waals surface area contributed by atoms with E-state index < -0.39 is 0 Å². The fourth-order valence-corrected chi connectivity index (χ4v) is 5.40. The summed E-state index contributed by atoms with van der Waals surface area (Å²) in [7, 11) is 1.77. The highest BCUT2D eigenvalue weighted by Crippen LogP contribution is 2.74. The van der Waals surface area contributed by atoms with Crippen LogP contribution in [0.4, 0.5) is 0 Å². The van der Waals surface area contributed by atoms with E-state index in [9.17, 15) is 0 Å². The standard InChI is InChI=1S/C17H22O2/c1-15-9-8-11(10-15)17(3)16(15,2)14-12(18-4)6-5-7-13(14)19-17/h5-7,11H,8-10H2,1-4H3/t11-,15+,16+,17-/m1/s1. The van der Waals surface area contributed by atoms with Crippen molar-refractivity contribution in [1.29, 1.82) is 0 Å². The van der Waals surface area contributed by atoms with Crippen molar-refractivity contribution >= 4 is 0 Å². The molecule has 0 spiro atoms. The summed E-state index contributed by atoms with van der Waals surface area (Å²) in [5, 5.41) is 0. The minimum atomic E-state index is -0.0586. The maximum atomic E-state index is 6.48. The lowest BCUT2D eigenvalue weighted by molar-refractivity contribution is -0.0264. The van der Waals surface area contributed by atoms with Gasteiger partial charge in [-0.3, -0.25) is 0 Å². The summed E-state index contributed by atoms with van der Waals surface area (Å²) in [6, 6.07) is 6.22. The first-order valence-electron chi connectivity index (χ1n) is 7.33. The summed E-state index contributed by atoms with van der Waals surface area (Å²) >= 11 is 0. The van der Waals surface area contributed by atoms with Crippen molar-refractivity contribution in [2.75, 3.05) is 7.11 Å². The molecule has 4 rings (SSSR count). The maximum Gasteiger partial charge on any atom is 0.127 e. The molecule has 2 heteroatoms. The second kappa shape index (κ2) is 3.11. The van der Waals surface area contributed by atoms with E-state index in [-0.39, 0.29) is 11.0 Å².